The first kappa shape index (κ1) is 12.3. The fraction of sp³-hybridized carbons (Fsp3) is 0.167. The molecule has 3 N–H and O–H groups in total. The molecule has 2 aromatic rings. The van der Waals surface area contributed by atoms with E-state index in [1.165, 1.54) is 10.7 Å². The average Bonchev–Trinajstić information content (AvgIpc) is 2.82. The number of rotatable bonds is 4. The molecule has 0 aliphatic carbocycles. The van der Waals surface area contributed by atoms with Crippen molar-refractivity contribution in [2.24, 2.45) is 5.73 Å². The van der Waals surface area contributed by atoms with Crippen LogP contribution in [0.3, 0.4) is 0 Å². The molecule has 5 nitrogen and oxygen atoms in total. The second-order valence-corrected chi connectivity index (χ2v) is 3.89. The highest BCUT2D eigenvalue weighted by molar-refractivity contribution is 5.73. The number of hydrogen-bond acceptors (Lipinski definition) is 3. The molecule has 0 aliphatic heterocycles. The number of carboxylic acids is 1. The molecule has 0 aliphatic rings. The molecule has 0 radical (unpaired) electrons. The first-order valence-corrected chi connectivity index (χ1v) is 5.35. The number of nitrogens with two attached hydrogens (primary N) is 1. The van der Waals surface area contributed by atoms with Gasteiger partial charge in [-0.3, -0.25) is 4.79 Å². The summed E-state index contributed by atoms with van der Waals surface area (Å²) in [5, 5.41) is 12.6. The molecule has 1 aromatic carbocycles. The first-order chi connectivity index (χ1) is 8.58. The van der Waals surface area contributed by atoms with Crippen LogP contribution in [-0.2, 0) is 11.2 Å². The highest BCUT2D eigenvalue weighted by atomic mass is 19.1. The highest BCUT2D eigenvalue weighted by Gasteiger charge is 2.13. The molecule has 6 heteroatoms. The summed E-state index contributed by atoms with van der Waals surface area (Å²) < 4.78 is 15.2. The third-order valence-corrected chi connectivity index (χ3v) is 2.54. The SMILES string of the molecule is NC(Cc1ccc(-n2cccn2)c(F)c1)C(=O)O. The van der Waals surface area contributed by atoms with E-state index >= 15 is 0 Å². The number of carboxylic acid groups (broad SMARTS) is 1. The minimum absolute atomic E-state index is 0.0889. The van der Waals surface area contributed by atoms with Gasteiger partial charge >= 0.3 is 5.97 Å². The van der Waals surface area contributed by atoms with Crippen LogP contribution in [0.2, 0.25) is 0 Å². The van der Waals surface area contributed by atoms with Crippen molar-refractivity contribution in [3.05, 3.63) is 48.0 Å². The van der Waals surface area contributed by atoms with E-state index in [1.54, 1.807) is 30.6 Å². The van der Waals surface area contributed by atoms with Gasteiger partial charge in [0.1, 0.15) is 17.5 Å². The zero-order valence-corrected chi connectivity index (χ0v) is 9.45. The minimum atomic E-state index is -1.11. The zero-order chi connectivity index (χ0) is 13.1. The summed E-state index contributed by atoms with van der Waals surface area (Å²) in [6, 6.07) is 5.13. The Kier molecular flexibility index (Phi) is 3.38. The van der Waals surface area contributed by atoms with Crippen molar-refractivity contribution < 1.29 is 14.3 Å². The number of nitrogens with zero attached hydrogens (tertiary/aromatic N) is 2. The average molecular weight is 249 g/mol. The number of aliphatic carboxylic acids is 1. The van der Waals surface area contributed by atoms with Crippen LogP contribution >= 0.6 is 0 Å². The van der Waals surface area contributed by atoms with E-state index in [0.29, 0.717) is 11.3 Å². The molecule has 1 atom stereocenters. The van der Waals surface area contributed by atoms with Crippen LogP contribution in [0.1, 0.15) is 5.56 Å². The van der Waals surface area contributed by atoms with Gasteiger partial charge < -0.3 is 10.8 Å². The molecule has 18 heavy (non-hydrogen) atoms. The summed E-state index contributed by atoms with van der Waals surface area (Å²) in [6.07, 6.45) is 3.26. The van der Waals surface area contributed by atoms with E-state index in [9.17, 15) is 9.18 Å². The maximum atomic E-state index is 13.8. The second-order valence-electron chi connectivity index (χ2n) is 3.89. The van der Waals surface area contributed by atoms with Gasteiger partial charge in [-0.1, -0.05) is 6.07 Å². The number of halogens is 1. The minimum Gasteiger partial charge on any atom is -0.480 e. The number of hydrogen-bond donors (Lipinski definition) is 2. The molecule has 2 rings (SSSR count). The Balaban J connectivity index is 2.23. The normalized spacial score (nSPS) is 12.3. The number of aromatic nitrogens is 2. The molecule has 94 valence electrons. The lowest BCUT2D eigenvalue weighted by molar-refractivity contribution is -0.138. The van der Waals surface area contributed by atoms with E-state index < -0.39 is 17.8 Å². The Labute approximate surface area is 103 Å². The Bertz CT molecular complexity index is 554. The second kappa shape index (κ2) is 4.97. The summed E-state index contributed by atoms with van der Waals surface area (Å²) in [5.41, 5.74) is 6.24. The van der Waals surface area contributed by atoms with Crippen LogP contribution < -0.4 is 5.73 Å². The van der Waals surface area contributed by atoms with Crippen molar-refractivity contribution in [1.82, 2.24) is 9.78 Å². The smallest absolute Gasteiger partial charge is 0.320 e. The molecule has 0 spiro atoms. The molecular weight excluding hydrogens is 237 g/mol. The topological polar surface area (TPSA) is 81.1 Å². The number of carbonyl (C=O) groups is 1. The zero-order valence-electron chi connectivity index (χ0n) is 9.45. The van der Waals surface area contributed by atoms with E-state index in [0.717, 1.165) is 0 Å². The van der Waals surface area contributed by atoms with Gasteiger partial charge in [0.05, 0.1) is 0 Å². The molecule has 1 aromatic heterocycles. The molecule has 0 fully saturated rings. The van der Waals surface area contributed by atoms with Gasteiger partial charge in [-0.15, -0.1) is 0 Å². The predicted molar refractivity (Wildman–Crippen MR) is 62.8 cm³/mol. The fourth-order valence-electron chi connectivity index (χ4n) is 1.62. The van der Waals surface area contributed by atoms with Crippen molar-refractivity contribution in [3.8, 4) is 5.69 Å². The lowest BCUT2D eigenvalue weighted by Crippen LogP contribution is -2.32. The molecule has 0 saturated heterocycles. The molecule has 0 saturated carbocycles. The van der Waals surface area contributed by atoms with E-state index in [4.69, 9.17) is 10.8 Å². The Morgan fingerprint density at radius 2 is 2.33 bits per heavy atom. The largest absolute Gasteiger partial charge is 0.480 e. The van der Waals surface area contributed by atoms with Gasteiger partial charge in [-0.25, -0.2) is 9.07 Å². The fourth-order valence-corrected chi connectivity index (χ4v) is 1.62. The van der Waals surface area contributed by atoms with Crippen LogP contribution in [0.4, 0.5) is 4.39 Å². The first-order valence-electron chi connectivity index (χ1n) is 5.35. The standard InChI is InChI=1S/C12H12FN3O2/c13-9-6-8(7-10(14)12(17)18)2-3-11(9)16-5-1-4-15-16/h1-6,10H,7,14H2,(H,17,18). The van der Waals surface area contributed by atoms with Gasteiger partial charge in [0.25, 0.3) is 0 Å². The van der Waals surface area contributed by atoms with Crippen LogP contribution in [0.15, 0.2) is 36.7 Å². The van der Waals surface area contributed by atoms with E-state index in [-0.39, 0.29) is 6.42 Å². The summed E-state index contributed by atoms with van der Waals surface area (Å²) in [7, 11) is 0. The van der Waals surface area contributed by atoms with Gasteiger partial charge in [0, 0.05) is 12.4 Å². The summed E-state index contributed by atoms with van der Waals surface area (Å²) >= 11 is 0. The highest BCUT2D eigenvalue weighted by Crippen LogP contribution is 2.15. The van der Waals surface area contributed by atoms with Crippen molar-refractivity contribution in [2.75, 3.05) is 0 Å². The third-order valence-electron chi connectivity index (χ3n) is 2.54. The molecule has 0 amide bonds. The quantitative estimate of drug-likeness (QED) is 0.845. The van der Waals surface area contributed by atoms with Gasteiger partial charge in [-0.2, -0.15) is 5.10 Å². The van der Waals surface area contributed by atoms with Crippen molar-refractivity contribution in [3.63, 3.8) is 0 Å². The summed E-state index contributed by atoms with van der Waals surface area (Å²) in [6.45, 7) is 0. The van der Waals surface area contributed by atoms with Crippen LogP contribution in [0.25, 0.3) is 5.69 Å². The van der Waals surface area contributed by atoms with Crippen LogP contribution in [0.5, 0.6) is 0 Å². The lowest BCUT2D eigenvalue weighted by atomic mass is 10.1. The van der Waals surface area contributed by atoms with Crippen LogP contribution in [0, 0.1) is 5.82 Å². The Morgan fingerprint density at radius 1 is 1.56 bits per heavy atom. The number of benzene rings is 1. The molecule has 1 heterocycles. The van der Waals surface area contributed by atoms with Gasteiger partial charge in [0.15, 0.2) is 0 Å². The predicted octanol–water partition coefficient (Wildman–Crippen LogP) is 0.966. The summed E-state index contributed by atoms with van der Waals surface area (Å²) in [5.74, 6) is -1.57. The molecule has 0 bridgehead atoms. The van der Waals surface area contributed by atoms with Crippen LogP contribution in [-0.4, -0.2) is 26.9 Å². The monoisotopic (exact) mass is 249 g/mol. The molecular formula is C12H12FN3O2. The third kappa shape index (κ3) is 2.54. The Hall–Kier alpha value is -2.21. The Morgan fingerprint density at radius 3 is 2.89 bits per heavy atom. The summed E-state index contributed by atoms with van der Waals surface area (Å²) in [4.78, 5) is 10.6. The van der Waals surface area contributed by atoms with Gasteiger partial charge in [0.2, 0.25) is 0 Å². The van der Waals surface area contributed by atoms with Crippen molar-refractivity contribution in [2.45, 2.75) is 12.5 Å². The van der Waals surface area contributed by atoms with Crippen molar-refractivity contribution in [1.29, 1.82) is 0 Å². The van der Waals surface area contributed by atoms with E-state index in [1.807, 2.05) is 0 Å². The maximum Gasteiger partial charge on any atom is 0.320 e. The van der Waals surface area contributed by atoms with Gasteiger partial charge in [-0.05, 0) is 30.2 Å². The molecule has 1 unspecified atom stereocenters. The maximum absolute atomic E-state index is 13.8. The lowest BCUT2D eigenvalue weighted by Gasteiger charge is -2.08. The van der Waals surface area contributed by atoms with E-state index in [2.05, 4.69) is 5.10 Å². The van der Waals surface area contributed by atoms with Crippen molar-refractivity contribution >= 4 is 5.97 Å².